The van der Waals surface area contributed by atoms with Gasteiger partial charge in [0.05, 0.1) is 11.1 Å². The number of hydrogen-bond donors (Lipinski definition) is 1. The molecule has 0 fully saturated rings. The van der Waals surface area contributed by atoms with E-state index in [1.165, 1.54) is 17.4 Å². The fourth-order valence-corrected chi connectivity index (χ4v) is 4.99. The van der Waals surface area contributed by atoms with Crippen molar-refractivity contribution in [1.82, 2.24) is 4.72 Å². The van der Waals surface area contributed by atoms with E-state index in [-0.39, 0.29) is 9.92 Å². The van der Waals surface area contributed by atoms with Crippen LogP contribution in [-0.2, 0) is 10.0 Å². The molecule has 6 heteroatoms. The monoisotopic (exact) mass is 377 g/mol. The van der Waals surface area contributed by atoms with Gasteiger partial charge in [0.1, 0.15) is 4.90 Å². The second-order valence-electron chi connectivity index (χ2n) is 5.41. The van der Waals surface area contributed by atoms with Gasteiger partial charge in [-0.1, -0.05) is 59.6 Å². The lowest BCUT2D eigenvalue weighted by atomic mass is 10.0. The summed E-state index contributed by atoms with van der Waals surface area (Å²) < 4.78 is 28.4. The van der Waals surface area contributed by atoms with E-state index in [4.69, 9.17) is 11.6 Å². The van der Waals surface area contributed by atoms with Gasteiger partial charge in [0.25, 0.3) is 0 Å². The van der Waals surface area contributed by atoms with Gasteiger partial charge >= 0.3 is 0 Å². The first-order valence-corrected chi connectivity index (χ1v) is 10.1. The van der Waals surface area contributed by atoms with Crippen LogP contribution < -0.4 is 4.72 Å². The molecule has 0 aliphatic heterocycles. The molecule has 3 nitrogen and oxygen atoms in total. The summed E-state index contributed by atoms with van der Waals surface area (Å²) in [6, 6.07) is 17.6. The van der Waals surface area contributed by atoms with Crippen LogP contribution in [0.4, 0.5) is 0 Å². The van der Waals surface area contributed by atoms with Gasteiger partial charge in [0.2, 0.25) is 10.0 Å². The van der Waals surface area contributed by atoms with Crippen molar-refractivity contribution in [2.75, 3.05) is 0 Å². The standard InChI is InChI=1S/C18H16ClNO2S2/c1-13-8-10-14(11-9-13)18(16-6-4-12-23-16)20-24(21,22)17-7-3-2-5-15(17)19/h2-12,18,20H,1H3. The largest absolute Gasteiger partial charge is 0.242 e. The lowest BCUT2D eigenvalue weighted by molar-refractivity contribution is 0.573. The molecule has 3 aromatic rings. The zero-order valence-electron chi connectivity index (χ0n) is 12.9. The second-order valence-corrected chi connectivity index (χ2v) is 8.48. The Hall–Kier alpha value is -1.66. The molecule has 24 heavy (non-hydrogen) atoms. The van der Waals surface area contributed by atoms with Crippen molar-refractivity contribution in [1.29, 1.82) is 0 Å². The number of halogens is 1. The van der Waals surface area contributed by atoms with Crippen LogP contribution in [0.3, 0.4) is 0 Å². The summed E-state index contributed by atoms with van der Waals surface area (Å²) in [6.07, 6.45) is 0. The van der Waals surface area contributed by atoms with Gasteiger partial charge < -0.3 is 0 Å². The molecule has 1 unspecified atom stereocenters. The van der Waals surface area contributed by atoms with E-state index in [1.807, 2.05) is 48.7 Å². The lowest BCUT2D eigenvalue weighted by Crippen LogP contribution is -2.29. The van der Waals surface area contributed by atoms with Crippen LogP contribution in [0.5, 0.6) is 0 Å². The first-order valence-electron chi connectivity index (χ1n) is 7.34. The second kappa shape index (κ2) is 7.07. The maximum atomic E-state index is 12.8. The predicted octanol–water partition coefficient (Wildman–Crippen LogP) is 4.78. The number of nitrogens with one attached hydrogen (secondary N) is 1. The van der Waals surface area contributed by atoms with Crippen LogP contribution in [0, 0.1) is 6.92 Å². The van der Waals surface area contributed by atoms with Gasteiger partial charge in [-0.05, 0) is 36.1 Å². The third-order valence-corrected chi connectivity index (χ3v) is 6.50. The first kappa shape index (κ1) is 17.2. The summed E-state index contributed by atoms with van der Waals surface area (Å²) >= 11 is 7.58. The molecule has 0 radical (unpaired) electrons. The SMILES string of the molecule is Cc1ccc(C(NS(=O)(=O)c2ccccc2Cl)c2cccs2)cc1. The van der Waals surface area contributed by atoms with E-state index in [9.17, 15) is 8.42 Å². The van der Waals surface area contributed by atoms with Crippen molar-refractivity contribution < 1.29 is 8.42 Å². The Morgan fingerprint density at radius 2 is 1.71 bits per heavy atom. The molecule has 0 amide bonds. The van der Waals surface area contributed by atoms with Crippen molar-refractivity contribution in [2.24, 2.45) is 0 Å². The molecule has 124 valence electrons. The predicted molar refractivity (Wildman–Crippen MR) is 99.1 cm³/mol. The van der Waals surface area contributed by atoms with Crippen molar-refractivity contribution in [2.45, 2.75) is 17.9 Å². The van der Waals surface area contributed by atoms with E-state index in [0.717, 1.165) is 16.0 Å². The zero-order valence-corrected chi connectivity index (χ0v) is 15.3. The molecule has 1 N–H and O–H groups in total. The average Bonchev–Trinajstić information content (AvgIpc) is 3.08. The quantitative estimate of drug-likeness (QED) is 0.695. The van der Waals surface area contributed by atoms with E-state index in [0.29, 0.717) is 0 Å². The highest BCUT2D eigenvalue weighted by atomic mass is 35.5. The molecule has 0 spiro atoms. The molecule has 2 aromatic carbocycles. The Kier molecular flexibility index (Phi) is 5.06. The molecule has 0 aliphatic carbocycles. The molecular formula is C18H16ClNO2S2. The Morgan fingerprint density at radius 1 is 1.00 bits per heavy atom. The van der Waals surface area contributed by atoms with E-state index in [2.05, 4.69) is 4.72 Å². The summed E-state index contributed by atoms with van der Waals surface area (Å²) in [7, 11) is -3.75. The number of rotatable bonds is 5. The summed E-state index contributed by atoms with van der Waals surface area (Å²) in [5, 5.41) is 2.14. The molecule has 3 rings (SSSR count). The highest BCUT2D eigenvalue weighted by molar-refractivity contribution is 7.89. The Balaban J connectivity index is 2.01. The van der Waals surface area contributed by atoms with Crippen molar-refractivity contribution >= 4 is 33.0 Å². The Morgan fingerprint density at radius 3 is 2.33 bits per heavy atom. The molecular weight excluding hydrogens is 362 g/mol. The molecule has 1 atom stereocenters. The molecule has 0 saturated carbocycles. The van der Waals surface area contributed by atoms with Gasteiger partial charge in [-0.2, -0.15) is 4.72 Å². The van der Waals surface area contributed by atoms with Gasteiger partial charge in [0.15, 0.2) is 0 Å². The first-order chi connectivity index (χ1) is 11.5. The minimum atomic E-state index is -3.75. The van der Waals surface area contributed by atoms with E-state index >= 15 is 0 Å². The van der Waals surface area contributed by atoms with Crippen molar-refractivity contribution in [3.8, 4) is 0 Å². The normalized spacial score (nSPS) is 12.9. The van der Waals surface area contributed by atoms with Crippen LogP contribution in [0.15, 0.2) is 70.9 Å². The van der Waals surface area contributed by atoms with Crippen LogP contribution in [0.25, 0.3) is 0 Å². The van der Waals surface area contributed by atoms with E-state index in [1.54, 1.807) is 18.2 Å². The van der Waals surface area contributed by atoms with E-state index < -0.39 is 16.1 Å². The number of thiophene rings is 1. The van der Waals surface area contributed by atoms with Crippen molar-refractivity contribution in [3.63, 3.8) is 0 Å². The van der Waals surface area contributed by atoms with Gasteiger partial charge in [0, 0.05) is 4.88 Å². The Labute approximate surface area is 151 Å². The zero-order chi connectivity index (χ0) is 17.2. The van der Waals surface area contributed by atoms with Gasteiger partial charge in [-0.25, -0.2) is 8.42 Å². The highest BCUT2D eigenvalue weighted by Gasteiger charge is 2.25. The van der Waals surface area contributed by atoms with Gasteiger partial charge in [-0.15, -0.1) is 11.3 Å². The summed E-state index contributed by atoms with van der Waals surface area (Å²) in [5.41, 5.74) is 2.01. The minimum Gasteiger partial charge on any atom is -0.207 e. The molecule has 1 heterocycles. The van der Waals surface area contributed by atoms with Crippen LogP contribution in [0.1, 0.15) is 22.0 Å². The number of benzene rings is 2. The summed E-state index contributed by atoms with van der Waals surface area (Å²) in [5.74, 6) is 0. The molecule has 0 saturated heterocycles. The van der Waals surface area contributed by atoms with Gasteiger partial charge in [-0.3, -0.25) is 0 Å². The van der Waals surface area contributed by atoms with Crippen LogP contribution >= 0.6 is 22.9 Å². The lowest BCUT2D eigenvalue weighted by Gasteiger charge is -2.19. The summed E-state index contributed by atoms with van der Waals surface area (Å²) in [6.45, 7) is 2.00. The minimum absolute atomic E-state index is 0.0836. The Bertz CT molecular complexity index is 920. The third kappa shape index (κ3) is 3.70. The van der Waals surface area contributed by atoms with Crippen LogP contribution in [0.2, 0.25) is 5.02 Å². The molecule has 1 aromatic heterocycles. The topological polar surface area (TPSA) is 46.2 Å². The molecule has 0 aliphatic rings. The number of aryl methyl sites for hydroxylation is 1. The fourth-order valence-electron chi connectivity index (χ4n) is 2.39. The van der Waals surface area contributed by atoms with Crippen LogP contribution in [-0.4, -0.2) is 8.42 Å². The maximum absolute atomic E-state index is 12.8. The maximum Gasteiger partial charge on any atom is 0.242 e. The fraction of sp³-hybridized carbons (Fsp3) is 0.111. The van der Waals surface area contributed by atoms with Crippen molar-refractivity contribution in [3.05, 3.63) is 87.1 Å². The molecule has 0 bridgehead atoms. The summed E-state index contributed by atoms with van der Waals surface area (Å²) in [4.78, 5) is 1.01. The smallest absolute Gasteiger partial charge is 0.207 e. The third-order valence-electron chi connectivity index (χ3n) is 3.64. The highest BCUT2D eigenvalue weighted by Crippen LogP contribution is 2.29. The number of sulfonamides is 1. The number of hydrogen-bond acceptors (Lipinski definition) is 3. The average molecular weight is 378 g/mol.